The summed E-state index contributed by atoms with van der Waals surface area (Å²) >= 11 is 0. The maximum atomic E-state index is 14.0. The number of hydrogen-bond acceptors (Lipinski definition) is 2. The van der Waals surface area contributed by atoms with Crippen LogP contribution in [0.5, 0.6) is 0 Å². The van der Waals surface area contributed by atoms with Gasteiger partial charge in [0.05, 0.1) is 5.69 Å². The minimum absolute atomic E-state index is 0.110. The molecule has 0 saturated heterocycles. The minimum atomic E-state index is -0.110. The Morgan fingerprint density at radius 1 is 1.39 bits per heavy atom. The van der Waals surface area contributed by atoms with Gasteiger partial charge in [0.2, 0.25) is 0 Å². The first-order valence-corrected chi connectivity index (χ1v) is 6.79. The van der Waals surface area contributed by atoms with Gasteiger partial charge in [0, 0.05) is 26.2 Å². The van der Waals surface area contributed by atoms with E-state index in [1.165, 1.54) is 12.8 Å². The fourth-order valence-corrected chi connectivity index (χ4v) is 2.08. The Bertz CT molecular complexity index is 399. The molecule has 1 aromatic rings. The fraction of sp³-hybridized carbons (Fsp3) is 0.600. The molecule has 18 heavy (non-hydrogen) atoms. The molecule has 0 bridgehead atoms. The average Bonchev–Trinajstić information content (AvgIpc) is 3.10. The molecule has 0 amide bonds. The van der Waals surface area contributed by atoms with Gasteiger partial charge >= 0.3 is 0 Å². The molecule has 0 spiro atoms. The first-order valence-electron chi connectivity index (χ1n) is 6.79. The second kappa shape index (κ2) is 5.70. The molecule has 0 unspecified atom stereocenters. The molecule has 2 rings (SSSR count). The number of nitrogens with zero attached hydrogens (tertiary/aromatic N) is 1. The number of benzene rings is 1. The van der Waals surface area contributed by atoms with Crippen molar-refractivity contribution in [1.29, 1.82) is 0 Å². The van der Waals surface area contributed by atoms with E-state index in [4.69, 9.17) is 0 Å². The van der Waals surface area contributed by atoms with E-state index < -0.39 is 0 Å². The van der Waals surface area contributed by atoms with Gasteiger partial charge in [-0.1, -0.05) is 19.9 Å². The Morgan fingerprint density at radius 2 is 2.11 bits per heavy atom. The topological polar surface area (TPSA) is 15.3 Å². The maximum Gasteiger partial charge on any atom is 0.146 e. The summed E-state index contributed by atoms with van der Waals surface area (Å²) in [6.45, 7) is 5.88. The lowest BCUT2D eigenvalue weighted by Gasteiger charge is -2.20. The van der Waals surface area contributed by atoms with Crippen LogP contribution in [0.3, 0.4) is 0 Å². The highest BCUT2D eigenvalue weighted by Gasteiger charge is 2.23. The Balaban J connectivity index is 1.99. The molecule has 1 fully saturated rings. The molecule has 1 N–H and O–H groups in total. The molecule has 3 heteroatoms. The van der Waals surface area contributed by atoms with Crippen molar-refractivity contribution in [2.75, 3.05) is 18.5 Å². The van der Waals surface area contributed by atoms with E-state index >= 15 is 0 Å². The van der Waals surface area contributed by atoms with E-state index in [1.807, 2.05) is 24.1 Å². The lowest BCUT2D eigenvalue weighted by molar-refractivity contribution is 0.580. The van der Waals surface area contributed by atoms with Gasteiger partial charge in [0.25, 0.3) is 0 Å². The normalized spacial score (nSPS) is 15.2. The Morgan fingerprint density at radius 3 is 2.67 bits per heavy atom. The largest absolute Gasteiger partial charge is 0.372 e. The second-order valence-corrected chi connectivity index (χ2v) is 5.65. The average molecular weight is 250 g/mol. The second-order valence-electron chi connectivity index (χ2n) is 5.65. The number of hydrogen-bond donors (Lipinski definition) is 1. The lowest BCUT2D eigenvalue weighted by Crippen LogP contribution is -2.23. The monoisotopic (exact) mass is 250 g/mol. The van der Waals surface area contributed by atoms with Crippen LogP contribution in [0.1, 0.15) is 32.3 Å². The third kappa shape index (κ3) is 3.70. The lowest BCUT2D eigenvalue weighted by atomic mass is 10.1. The van der Waals surface area contributed by atoms with Crippen LogP contribution in [0.4, 0.5) is 10.1 Å². The molecule has 0 aliphatic heterocycles. The number of nitrogens with one attached hydrogen (secondary N) is 1. The van der Waals surface area contributed by atoms with E-state index in [2.05, 4.69) is 19.2 Å². The van der Waals surface area contributed by atoms with Crippen molar-refractivity contribution < 1.29 is 4.39 Å². The number of rotatable bonds is 6. The van der Waals surface area contributed by atoms with Gasteiger partial charge in [-0.15, -0.1) is 0 Å². The van der Waals surface area contributed by atoms with Crippen LogP contribution in [0.25, 0.3) is 0 Å². The highest BCUT2D eigenvalue weighted by Crippen LogP contribution is 2.31. The zero-order chi connectivity index (χ0) is 13.1. The third-order valence-corrected chi connectivity index (χ3v) is 3.37. The predicted molar refractivity (Wildman–Crippen MR) is 74.4 cm³/mol. The molecule has 1 aliphatic carbocycles. The summed E-state index contributed by atoms with van der Waals surface area (Å²) in [6.07, 6.45) is 2.59. The third-order valence-electron chi connectivity index (χ3n) is 3.37. The molecule has 0 atom stereocenters. The Labute approximate surface area is 109 Å². The molecule has 0 radical (unpaired) electrons. The molecule has 0 aromatic heterocycles. The summed E-state index contributed by atoms with van der Waals surface area (Å²) in [5.41, 5.74) is 1.72. The first kappa shape index (κ1) is 13.3. The first-order chi connectivity index (χ1) is 8.56. The molecule has 0 heterocycles. The fourth-order valence-electron chi connectivity index (χ4n) is 2.08. The van der Waals surface area contributed by atoms with Crippen LogP contribution < -0.4 is 10.2 Å². The van der Waals surface area contributed by atoms with Crippen molar-refractivity contribution >= 4 is 5.69 Å². The summed E-state index contributed by atoms with van der Waals surface area (Å²) < 4.78 is 14.0. The van der Waals surface area contributed by atoms with Gasteiger partial charge in [0.15, 0.2) is 0 Å². The quantitative estimate of drug-likeness (QED) is 0.834. The number of anilines is 1. The van der Waals surface area contributed by atoms with E-state index in [-0.39, 0.29) is 5.82 Å². The highest BCUT2D eigenvalue weighted by atomic mass is 19.1. The van der Waals surface area contributed by atoms with Crippen molar-refractivity contribution in [3.63, 3.8) is 0 Å². The van der Waals surface area contributed by atoms with Crippen LogP contribution in [0.15, 0.2) is 18.2 Å². The van der Waals surface area contributed by atoms with Crippen LogP contribution in [-0.4, -0.2) is 19.6 Å². The summed E-state index contributed by atoms with van der Waals surface area (Å²) in [5, 5.41) is 3.30. The van der Waals surface area contributed by atoms with Crippen molar-refractivity contribution in [3.05, 3.63) is 29.6 Å². The predicted octanol–water partition coefficient (Wildman–Crippen LogP) is 3.17. The summed E-state index contributed by atoms with van der Waals surface area (Å²) in [4.78, 5) is 2.03. The molecule has 2 nitrogen and oxygen atoms in total. The van der Waals surface area contributed by atoms with Gasteiger partial charge < -0.3 is 10.2 Å². The van der Waals surface area contributed by atoms with Gasteiger partial charge in [-0.05, 0) is 36.5 Å². The van der Waals surface area contributed by atoms with Crippen molar-refractivity contribution in [3.8, 4) is 0 Å². The van der Waals surface area contributed by atoms with E-state index in [0.29, 0.717) is 6.04 Å². The molecular weight excluding hydrogens is 227 g/mol. The molecule has 1 saturated carbocycles. The van der Waals surface area contributed by atoms with Crippen LogP contribution in [0.2, 0.25) is 0 Å². The van der Waals surface area contributed by atoms with Crippen molar-refractivity contribution in [1.82, 2.24) is 5.32 Å². The van der Waals surface area contributed by atoms with Crippen LogP contribution in [0, 0.1) is 11.7 Å². The molecular formula is C15H23FN2. The molecule has 1 aliphatic rings. The zero-order valence-electron chi connectivity index (χ0n) is 11.5. The van der Waals surface area contributed by atoms with E-state index in [9.17, 15) is 4.39 Å². The Kier molecular flexibility index (Phi) is 4.23. The highest BCUT2D eigenvalue weighted by molar-refractivity contribution is 5.48. The summed E-state index contributed by atoms with van der Waals surface area (Å²) in [5.74, 6) is 0.665. The Hall–Kier alpha value is -1.09. The molecule has 100 valence electrons. The smallest absolute Gasteiger partial charge is 0.146 e. The van der Waals surface area contributed by atoms with Gasteiger partial charge in [0.1, 0.15) is 5.82 Å². The standard InChI is InChI=1S/C15H23FN2/c1-11(2)17-9-13-6-7-15(14(16)8-13)18(3)10-12-4-5-12/h6-8,11-12,17H,4-5,9-10H2,1-3H3. The van der Waals surface area contributed by atoms with Gasteiger partial charge in [-0.2, -0.15) is 0 Å². The minimum Gasteiger partial charge on any atom is -0.372 e. The molecule has 1 aromatic carbocycles. The van der Waals surface area contributed by atoms with Crippen LogP contribution >= 0.6 is 0 Å². The number of halogens is 1. The SMILES string of the molecule is CC(C)NCc1ccc(N(C)CC2CC2)c(F)c1. The summed E-state index contributed by atoms with van der Waals surface area (Å²) in [6, 6.07) is 5.98. The van der Waals surface area contributed by atoms with Gasteiger partial charge in [-0.25, -0.2) is 4.39 Å². The summed E-state index contributed by atoms with van der Waals surface area (Å²) in [7, 11) is 1.97. The zero-order valence-corrected chi connectivity index (χ0v) is 11.5. The van der Waals surface area contributed by atoms with E-state index in [1.54, 1.807) is 6.07 Å². The van der Waals surface area contributed by atoms with Gasteiger partial charge in [-0.3, -0.25) is 0 Å². The van der Waals surface area contributed by atoms with E-state index in [0.717, 1.165) is 30.3 Å². The van der Waals surface area contributed by atoms with Crippen molar-refractivity contribution in [2.45, 2.75) is 39.3 Å². The van der Waals surface area contributed by atoms with Crippen LogP contribution in [-0.2, 0) is 6.54 Å². The van der Waals surface area contributed by atoms with Crippen molar-refractivity contribution in [2.24, 2.45) is 5.92 Å². The maximum absolute atomic E-state index is 14.0.